The van der Waals surface area contributed by atoms with E-state index in [0.717, 1.165) is 30.9 Å². The molecule has 1 N–H and O–H groups in total. The van der Waals surface area contributed by atoms with Crippen LogP contribution in [-0.4, -0.2) is 37.6 Å². The predicted octanol–water partition coefficient (Wildman–Crippen LogP) is 2.39. The Kier molecular flexibility index (Phi) is 4.88. The number of ether oxygens (including phenoxy) is 1. The second-order valence-corrected chi connectivity index (χ2v) is 6.40. The Bertz CT molecular complexity index is 478. The van der Waals surface area contributed by atoms with Crippen LogP contribution < -0.4 is 10.1 Å². The smallest absolute Gasteiger partial charge is 0.224 e. The van der Waals surface area contributed by atoms with Crippen molar-refractivity contribution < 1.29 is 9.53 Å². The number of carbonyl (C=O) groups is 1. The molecular formula is C17H26N2O2. The minimum Gasteiger partial charge on any atom is -0.497 e. The van der Waals surface area contributed by atoms with E-state index in [0.29, 0.717) is 0 Å². The summed E-state index contributed by atoms with van der Waals surface area (Å²) in [5.74, 6) is 0.956. The minimum atomic E-state index is -0.382. The third kappa shape index (κ3) is 3.97. The normalized spacial score (nSPS) is 17.0. The Balaban J connectivity index is 1.95. The molecule has 1 aromatic carbocycles. The van der Waals surface area contributed by atoms with Gasteiger partial charge in [0, 0.05) is 12.5 Å². The van der Waals surface area contributed by atoms with Crippen LogP contribution in [0.2, 0.25) is 0 Å². The van der Waals surface area contributed by atoms with Gasteiger partial charge < -0.3 is 15.0 Å². The average molecular weight is 290 g/mol. The van der Waals surface area contributed by atoms with Crippen LogP contribution in [0.4, 0.5) is 0 Å². The molecule has 2 rings (SSSR count). The fourth-order valence-electron chi connectivity index (χ4n) is 2.55. The summed E-state index contributed by atoms with van der Waals surface area (Å²) in [5.41, 5.74) is 0.694. The van der Waals surface area contributed by atoms with Crippen LogP contribution in [0.3, 0.4) is 0 Å². The van der Waals surface area contributed by atoms with Gasteiger partial charge in [-0.3, -0.25) is 4.79 Å². The summed E-state index contributed by atoms with van der Waals surface area (Å²) in [6.45, 7) is 9.16. The Morgan fingerprint density at radius 3 is 2.43 bits per heavy atom. The lowest BCUT2D eigenvalue weighted by Crippen LogP contribution is -2.48. The Labute approximate surface area is 127 Å². The van der Waals surface area contributed by atoms with Crippen molar-refractivity contribution in [1.29, 1.82) is 0 Å². The van der Waals surface area contributed by atoms with Gasteiger partial charge in [-0.2, -0.15) is 0 Å². The topological polar surface area (TPSA) is 41.6 Å². The number of rotatable bonds is 6. The molecule has 1 aromatic rings. The first-order valence-electron chi connectivity index (χ1n) is 7.61. The molecule has 0 spiro atoms. The van der Waals surface area contributed by atoms with Crippen molar-refractivity contribution in [3.05, 3.63) is 29.8 Å². The summed E-state index contributed by atoms with van der Waals surface area (Å²) in [6.07, 6.45) is 1.26. The summed E-state index contributed by atoms with van der Waals surface area (Å²) in [5, 5.41) is 3.16. The molecule has 21 heavy (non-hydrogen) atoms. The van der Waals surface area contributed by atoms with Crippen LogP contribution in [0, 0.1) is 5.92 Å². The van der Waals surface area contributed by atoms with Gasteiger partial charge in [-0.1, -0.05) is 19.1 Å². The lowest BCUT2D eigenvalue weighted by atomic mass is 9.93. The number of hydrogen-bond donors (Lipinski definition) is 1. The van der Waals surface area contributed by atoms with Gasteiger partial charge in [0.15, 0.2) is 0 Å². The van der Waals surface area contributed by atoms with Crippen molar-refractivity contribution >= 4 is 5.91 Å². The SMILES string of the molecule is COc1ccc(C(C)(C)NC(=O)[C@H](C)CN2CCC2)cc1. The number of nitrogens with one attached hydrogen (secondary N) is 1. The third-order valence-corrected chi connectivity index (χ3v) is 4.18. The van der Waals surface area contributed by atoms with Crippen LogP contribution >= 0.6 is 0 Å². The summed E-state index contributed by atoms with van der Waals surface area (Å²) in [6, 6.07) is 7.85. The van der Waals surface area contributed by atoms with Crippen LogP contribution in [0.25, 0.3) is 0 Å². The monoisotopic (exact) mass is 290 g/mol. The fraction of sp³-hybridized carbons (Fsp3) is 0.588. The highest BCUT2D eigenvalue weighted by molar-refractivity contribution is 5.79. The minimum absolute atomic E-state index is 0.0165. The van der Waals surface area contributed by atoms with E-state index < -0.39 is 0 Å². The zero-order valence-electron chi connectivity index (χ0n) is 13.5. The maximum atomic E-state index is 12.4. The standard InChI is InChI=1S/C17H26N2O2/c1-13(12-19-10-5-11-19)16(20)18-17(2,3)14-6-8-15(21-4)9-7-14/h6-9,13H,5,10-12H2,1-4H3,(H,18,20)/t13-/m1/s1. The molecule has 0 bridgehead atoms. The van der Waals surface area contributed by atoms with Crippen molar-refractivity contribution in [3.63, 3.8) is 0 Å². The number of nitrogens with zero attached hydrogens (tertiary/aromatic N) is 1. The van der Waals surface area contributed by atoms with Gasteiger partial charge in [0.25, 0.3) is 0 Å². The molecule has 0 unspecified atom stereocenters. The Morgan fingerprint density at radius 2 is 1.95 bits per heavy atom. The van der Waals surface area contributed by atoms with Crippen LogP contribution in [0.15, 0.2) is 24.3 Å². The first-order chi connectivity index (χ1) is 9.92. The molecule has 4 heteroatoms. The van der Waals surface area contributed by atoms with Crippen molar-refractivity contribution in [2.45, 2.75) is 32.7 Å². The molecule has 4 nitrogen and oxygen atoms in total. The number of carbonyl (C=O) groups excluding carboxylic acids is 1. The predicted molar refractivity (Wildman–Crippen MR) is 84.4 cm³/mol. The van der Waals surface area contributed by atoms with Crippen molar-refractivity contribution in [2.75, 3.05) is 26.7 Å². The van der Waals surface area contributed by atoms with Gasteiger partial charge >= 0.3 is 0 Å². The van der Waals surface area contributed by atoms with Gasteiger partial charge in [-0.05, 0) is 51.1 Å². The lowest BCUT2D eigenvalue weighted by Gasteiger charge is -2.34. The third-order valence-electron chi connectivity index (χ3n) is 4.18. The van der Waals surface area contributed by atoms with E-state index in [1.807, 2.05) is 45.0 Å². The number of likely N-dealkylation sites (tertiary alicyclic amines) is 1. The van der Waals surface area contributed by atoms with Crippen LogP contribution in [-0.2, 0) is 10.3 Å². The zero-order valence-corrected chi connectivity index (χ0v) is 13.5. The van der Waals surface area contributed by atoms with E-state index in [9.17, 15) is 4.79 Å². The second-order valence-electron chi connectivity index (χ2n) is 6.40. The first kappa shape index (κ1) is 15.8. The van der Waals surface area contributed by atoms with E-state index in [1.165, 1.54) is 6.42 Å². The molecule has 0 saturated carbocycles. The van der Waals surface area contributed by atoms with Crippen molar-refractivity contribution in [3.8, 4) is 5.75 Å². The Morgan fingerprint density at radius 1 is 1.33 bits per heavy atom. The maximum Gasteiger partial charge on any atom is 0.224 e. The van der Waals surface area contributed by atoms with Gasteiger partial charge in [-0.15, -0.1) is 0 Å². The fourth-order valence-corrected chi connectivity index (χ4v) is 2.55. The molecule has 1 amide bonds. The summed E-state index contributed by atoms with van der Waals surface area (Å²) in [7, 11) is 1.65. The molecule has 0 radical (unpaired) electrons. The van der Waals surface area contributed by atoms with E-state index >= 15 is 0 Å². The molecule has 1 atom stereocenters. The summed E-state index contributed by atoms with van der Waals surface area (Å²) in [4.78, 5) is 14.7. The number of amides is 1. The highest BCUT2D eigenvalue weighted by atomic mass is 16.5. The highest BCUT2D eigenvalue weighted by Crippen LogP contribution is 2.23. The van der Waals surface area contributed by atoms with Crippen LogP contribution in [0.5, 0.6) is 5.75 Å². The largest absolute Gasteiger partial charge is 0.497 e. The lowest BCUT2D eigenvalue weighted by molar-refractivity contribution is -0.127. The molecule has 1 aliphatic rings. The Hall–Kier alpha value is -1.55. The van der Waals surface area contributed by atoms with Gasteiger partial charge in [-0.25, -0.2) is 0 Å². The molecule has 0 aromatic heterocycles. The highest BCUT2D eigenvalue weighted by Gasteiger charge is 2.27. The molecule has 0 aliphatic carbocycles. The zero-order chi connectivity index (χ0) is 15.5. The molecule has 1 saturated heterocycles. The summed E-state index contributed by atoms with van der Waals surface area (Å²) < 4.78 is 5.17. The van der Waals surface area contributed by atoms with E-state index in [1.54, 1.807) is 7.11 Å². The average Bonchev–Trinajstić information content (AvgIpc) is 2.42. The van der Waals surface area contributed by atoms with Crippen molar-refractivity contribution in [2.24, 2.45) is 5.92 Å². The number of methoxy groups -OCH3 is 1. The van der Waals surface area contributed by atoms with Crippen molar-refractivity contribution in [1.82, 2.24) is 10.2 Å². The number of benzene rings is 1. The molecule has 1 aliphatic heterocycles. The summed E-state index contributed by atoms with van der Waals surface area (Å²) >= 11 is 0. The first-order valence-corrected chi connectivity index (χ1v) is 7.61. The second kappa shape index (κ2) is 6.48. The van der Waals surface area contributed by atoms with Gasteiger partial charge in [0.1, 0.15) is 5.75 Å². The van der Waals surface area contributed by atoms with E-state index in [4.69, 9.17) is 4.74 Å². The molecule has 1 heterocycles. The van der Waals surface area contributed by atoms with E-state index in [2.05, 4.69) is 10.2 Å². The van der Waals surface area contributed by atoms with E-state index in [-0.39, 0.29) is 17.4 Å². The molecule has 116 valence electrons. The molecular weight excluding hydrogens is 264 g/mol. The molecule has 1 fully saturated rings. The van der Waals surface area contributed by atoms with Gasteiger partial charge in [0.05, 0.1) is 12.6 Å². The number of hydrogen-bond acceptors (Lipinski definition) is 3. The van der Waals surface area contributed by atoms with Crippen LogP contribution in [0.1, 0.15) is 32.8 Å². The van der Waals surface area contributed by atoms with Gasteiger partial charge in [0.2, 0.25) is 5.91 Å². The maximum absolute atomic E-state index is 12.4. The quantitative estimate of drug-likeness (QED) is 0.874.